The monoisotopic (exact) mass is 196 g/mol. The molecule has 3 rings (SSSR count). The number of aromatic nitrogens is 2. The Labute approximate surface area is 89.0 Å². The van der Waals surface area contributed by atoms with Crippen LogP contribution in [0.1, 0.15) is 35.2 Å². The number of pyridine rings is 2. The zero-order chi connectivity index (χ0) is 10.3. The van der Waals surface area contributed by atoms with Crippen molar-refractivity contribution in [2.75, 3.05) is 0 Å². The highest BCUT2D eigenvalue weighted by atomic mass is 14.7. The second-order valence-electron chi connectivity index (χ2n) is 4.01. The van der Waals surface area contributed by atoms with Gasteiger partial charge in [-0.15, -0.1) is 0 Å². The first-order valence-electron chi connectivity index (χ1n) is 5.23. The van der Waals surface area contributed by atoms with Crippen molar-refractivity contribution in [1.82, 2.24) is 9.97 Å². The summed E-state index contributed by atoms with van der Waals surface area (Å²) in [6.07, 6.45) is 6.66. The summed E-state index contributed by atoms with van der Waals surface area (Å²) in [4.78, 5) is 8.65. The lowest BCUT2D eigenvalue weighted by molar-refractivity contribution is 0.811. The molecular formula is C13H12N2. The Bertz CT molecular complexity index is 460. The normalized spacial score (nSPS) is 18.1. The van der Waals surface area contributed by atoms with Crippen LogP contribution in [0.5, 0.6) is 0 Å². The molecule has 0 aliphatic heterocycles. The van der Waals surface area contributed by atoms with E-state index < -0.39 is 0 Å². The van der Waals surface area contributed by atoms with Gasteiger partial charge < -0.3 is 0 Å². The summed E-state index contributed by atoms with van der Waals surface area (Å²) in [6, 6.07) is 6.28. The summed E-state index contributed by atoms with van der Waals surface area (Å²) in [6.45, 7) is 2.22. The third-order valence-corrected chi connectivity index (χ3v) is 3.16. The Kier molecular flexibility index (Phi) is 1.81. The summed E-state index contributed by atoms with van der Waals surface area (Å²) in [5.74, 6) is 0.422. The lowest BCUT2D eigenvalue weighted by atomic mass is 9.82. The molecule has 0 saturated heterocycles. The van der Waals surface area contributed by atoms with Gasteiger partial charge in [0.25, 0.3) is 0 Å². The third kappa shape index (κ3) is 1.25. The van der Waals surface area contributed by atoms with Gasteiger partial charge in [0.1, 0.15) is 0 Å². The van der Waals surface area contributed by atoms with Crippen LogP contribution in [0.25, 0.3) is 0 Å². The van der Waals surface area contributed by atoms with E-state index in [-0.39, 0.29) is 0 Å². The molecule has 0 N–H and O–H groups in total. The lowest BCUT2D eigenvalue weighted by Gasteiger charge is -2.23. The lowest BCUT2D eigenvalue weighted by Crippen LogP contribution is -2.12. The average Bonchev–Trinajstić information content (AvgIpc) is 2.30. The molecule has 0 bridgehead atoms. The highest BCUT2D eigenvalue weighted by molar-refractivity contribution is 5.44. The Morgan fingerprint density at radius 2 is 2.13 bits per heavy atom. The molecule has 2 aromatic rings. The molecule has 2 nitrogen and oxygen atoms in total. The maximum absolute atomic E-state index is 4.45. The number of rotatable bonds is 0. The first-order valence-corrected chi connectivity index (χ1v) is 5.23. The zero-order valence-electron chi connectivity index (χ0n) is 8.64. The van der Waals surface area contributed by atoms with Crippen LogP contribution in [0.15, 0.2) is 36.8 Å². The maximum atomic E-state index is 4.45. The Morgan fingerprint density at radius 1 is 1.20 bits per heavy atom. The van der Waals surface area contributed by atoms with E-state index in [1.54, 1.807) is 0 Å². The predicted octanol–water partition coefficient (Wildman–Crippen LogP) is 2.53. The second kappa shape index (κ2) is 3.16. The number of hydrogen-bond acceptors (Lipinski definition) is 2. The summed E-state index contributed by atoms with van der Waals surface area (Å²) in [7, 11) is 0. The summed E-state index contributed by atoms with van der Waals surface area (Å²) in [5, 5.41) is 0. The van der Waals surface area contributed by atoms with Gasteiger partial charge in [-0.2, -0.15) is 0 Å². The van der Waals surface area contributed by atoms with Gasteiger partial charge in [-0.25, -0.2) is 0 Å². The van der Waals surface area contributed by atoms with Crippen LogP contribution in [0.2, 0.25) is 0 Å². The maximum Gasteiger partial charge on any atom is 0.0485 e. The van der Waals surface area contributed by atoms with Crippen molar-refractivity contribution in [3.05, 3.63) is 59.2 Å². The van der Waals surface area contributed by atoms with Gasteiger partial charge in [0.2, 0.25) is 0 Å². The molecule has 0 saturated carbocycles. The summed E-state index contributed by atoms with van der Waals surface area (Å²) >= 11 is 0. The van der Waals surface area contributed by atoms with Crippen molar-refractivity contribution in [1.29, 1.82) is 0 Å². The fraction of sp³-hybridized carbons (Fsp3) is 0.231. The van der Waals surface area contributed by atoms with Crippen molar-refractivity contribution in [2.45, 2.75) is 19.3 Å². The van der Waals surface area contributed by atoms with Crippen molar-refractivity contribution in [3.63, 3.8) is 0 Å². The molecule has 0 amide bonds. The van der Waals surface area contributed by atoms with Crippen molar-refractivity contribution < 1.29 is 0 Å². The van der Waals surface area contributed by atoms with Crippen molar-refractivity contribution >= 4 is 0 Å². The molecule has 74 valence electrons. The van der Waals surface area contributed by atoms with Crippen molar-refractivity contribution in [3.8, 4) is 0 Å². The molecule has 0 spiro atoms. The summed E-state index contributed by atoms with van der Waals surface area (Å²) < 4.78 is 0. The molecule has 2 heterocycles. The summed E-state index contributed by atoms with van der Waals surface area (Å²) in [5.41, 5.74) is 5.27. The van der Waals surface area contributed by atoms with Gasteiger partial charge in [-0.05, 0) is 28.8 Å². The van der Waals surface area contributed by atoms with Crippen LogP contribution < -0.4 is 0 Å². The smallest absolute Gasteiger partial charge is 0.0485 e. The molecule has 1 unspecified atom stereocenters. The number of fused-ring (bicyclic) bond motifs is 2. The molecule has 1 aliphatic rings. The van der Waals surface area contributed by atoms with E-state index in [1.807, 2.05) is 24.7 Å². The Morgan fingerprint density at radius 3 is 3.07 bits per heavy atom. The zero-order valence-corrected chi connectivity index (χ0v) is 8.64. The number of hydrogen-bond donors (Lipinski definition) is 0. The molecule has 15 heavy (non-hydrogen) atoms. The fourth-order valence-corrected chi connectivity index (χ4v) is 2.33. The molecule has 1 atom stereocenters. The highest BCUT2D eigenvalue weighted by Gasteiger charge is 2.22. The predicted molar refractivity (Wildman–Crippen MR) is 58.8 cm³/mol. The van der Waals surface area contributed by atoms with Crippen LogP contribution in [-0.2, 0) is 6.42 Å². The van der Waals surface area contributed by atoms with Gasteiger partial charge in [-0.3, -0.25) is 9.97 Å². The van der Waals surface area contributed by atoms with E-state index in [0.29, 0.717) is 5.92 Å². The molecule has 2 aromatic heterocycles. The fourth-order valence-electron chi connectivity index (χ4n) is 2.33. The van der Waals surface area contributed by atoms with E-state index in [2.05, 4.69) is 29.0 Å². The SMILES string of the molecule is CC1c2cnccc2Cc2ncccc21. The van der Waals surface area contributed by atoms with E-state index in [0.717, 1.165) is 6.42 Å². The minimum absolute atomic E-state index is 0.422. The first-order chi connectivity index (χ1) is 7.36. The van der Waals surface area contributed by atoms with Gasteiger partial charge >= 0.3 is 0 Å². The number of nitrogens with zero attached hydrogens (tertiary/aromatic N) is 2. The molecule has 0 radical (unpaired) electrons. The Balaban J connectivity index is 2.20. The van der Waals surface area contributed by atoms with Gasteiger partial charge in [-0.1, -0.05) is 13.0 Å². The molecule has 0 fully saturated rings. The van der Waals surface area contributed by atoms with Crippen LogP contribution in [-0.4, -0.2) is 9.97 Å². The molecular weight excluding hydrogens is 184 g/mol. The van der Waals surface area contributed by atoms with Gasteiger partial charge in [0.15, 0.2) is 0 Å². The quantitative estimate of drug-likeness (QED) is 0.647. The topological polar surface area (TPSA) is 25.8 Å². The molecule has 0 aromatic carbocycles. The van der Waals surface area contributed by atoms with Crippen LogP contribution in [0.3, 0.4) is 0 Å². The minimum atomic E-state index is 0.422. The largest absolute Gasteiger partial charge is 0.264 e. The third-order valence-electron chi connectivity index (χ3n) is 3.16. The van der Waals surface area contributed by atoms with E-state index in [1.165, 1.54) is 22.4 Å². The van der Waals surface area contributed by atoms with Crippen LogP contribution in [0.4, 0.5) is 0 Å². The van der Waals surface area contributed by atoms with E-state index >= 15 is 0 Å². The van der Waals surface area contributed by atoms with Crippen LogP contribution >= 0.6 is 0 Å². The van der Waals surface area contributed by atoms with Gasteiger partial charge in [0, 0.05) is 36.6 Å². The van der Waals surface area contributed by atoms with Crippen molar-refractivity contribution in [2.24, 2.45) is 0 Å². The van der Waals surface area contributed by atoms with E-state index in [4.69, 9.17) is 0 Å². The average molecular weight is 196 g/mol. The van der Waals surface area contributed by atoms with Gasteiger partial charge in [0.05, 0.1) is 0 Å². The minimum Gasteiger partial charge on any atom is -0.264 e. The van der Waals surface area contributed by atoms with E-state index in [9.17, 15) is 0 Å². The van der Waals surface area contributed by atoms with Crippen LogP contribution in [0, 0.1) is 0 Å². The first kappa shape index (κ1) is 8.60. The Hall–Kier alpha value is -1.70. The highest BCUT2D eigenvalue weighted by Crippen LogP contribution is 2.34. The molecule has 2 heteroatoms. The molecule has 1 aliphatic carbocycles. The standard InChI is InChI=1S/C13H12N2/c1-9-11-3-2-5-15-13(11)7-10-4-6-14-8-12(9)10/h2-6,8-9H,7H2,1H3. The second-order valence-corrected chi connectivity index (χ2v) is 4.01.